The first-order valence-corrected chi connectivity index (χ1v) is 6.60. The van der Waals surface area contributed by atoms with Crippen molar-refractivity contribution in [3.05, 3.63) is 17.0 Å². The molecule has 0 bridgehead atoms. The molecule has 5 heteroatoms. The number of carbonyl (C=O) groups excluding carboxylic acids is 1. The Bertz CT molecular complexity index is 398. The van der Waals surface area contributed by atoms with Crippen LogP contribution < -0.4 is 10.6 Å². The first-order valence-electron chi connectivity index (χ1n) is 6.60. The lowest BCUT2D eigenvalue weighted by Gasteiger charge is -2.06. The summed E-state index contributed by atoms with van der Waals surface area (Å²) in [4.78, 5) is 11.4. The van der Waals surface area contributed by atoms with Crippen LogP contribution in [0.3, 0.4) is 0 Å². The van der Waals surface area contributed by atoms with Crippen molar-refractivity contribution in [2.24, 2.45) is 0 Å². The third-order valence-electron chi connectivity index (χ3n) is 3.01. The predicted molar refractivity (Wildman–Crippen MR) is 72.4 cm³/mol. The van der Waals surface area contributed by atoms with Crippen molar-refractivity contribution in [1.82, 2.24) is 20.4 Å². The van der Waals surface area contributed by atoms with Crippen molar-refractivity contribution in [3.8, 4) is 0 Å². The van der Waals surface area contributed by atoms with Gasteiger partial charge in [0.25, 0.3) is 0 Å². The van der Waals surface area contributed by atoms with E-state index < -0.39 is 0 Å². The lowest BCUT2D eigenvalue weighted by Crippen LogP contribution is -2.24. The maximum absolute atomic E-state index is 11.4. The normalized spacial score (nSPS) is 10.7. The van der Waals surface area contributed by atoms with Crippen molar-refractivity contribution in [2.45, 2.75) is 47.2 Å². The minimum absolute atomic E-state index is 0.0817. The molecule has 5 nitrogen and oxygen atoms in total. The Hall–Kier alpha value is -1.36. The molecular formula is C13H24N4O. The second-order valence-electron chi connectivity index (χ2n) is 4.36. The van der Waals surface area contributed by atoms with Gasteiger partial charge in [-0.15, -0.1) is 0 Å². The summed E-state index contributed by atoms with van der Waals surface area (Å²) < 4.78 is 1.93. The number of rotatable bonds is 7. The average molecular weight is 252 g/mol. The van der Waals surface area contributed by atoms with E-state index in [1.54, 1.807) is 0 Å². The molecule has 1 rings (SSSR count). The fraction of sp³-hybridized carbons (Fsp3) is 0.692. The van der Waals surface area contributed by atoms with E-state index in [1.165, 1.54) is 5.56 Å². The van der Waals surface area contributed by atoms with Gasteiger partial charge in [-0.3, -0.25) is 9.48 Å². The molecule has 0 aromatic carbocycles. The predicted octanol–water partition coefficient (Wildman–Crippen LogP) is 1.14. The number of aromatic nitrogens is 2. The topological polar surface area (TPSA) is 59.0 Å². The zero-order valence-electron chi connectivity index (χ0n) is 11.8. The second-order valence-corrected chi connectivity index (χ2v) is 4.36. The molecule has 1 aromatic rings. The van der Waals surface area contributed by atoms with Gasteiger partial charge in [-0.25, -0.2) is 0 Å². The zero-order valence-corrected chi connectivity index (χ0v) is 11.8. The van der Waals surface area contributed by atoms with Gasteiger partial charge in [0.2, 0.25) is 5.91 Å². The smallest absolute Gasteiger partial charge is 0.221 e. The Labute approximate surface area is 109 Å². The van der Waals surface area contributed by atoms with Gasteiger partial charge in [0.1, 0.15) is 0 Å². The third kappa shape index (κ3) is 3.84. The molecule has 2 N–H and O–H groups in total. The fourth-order valence-electron chi connectivity index (χ4n) is 1.95. The number of hydrogen-bond donors (Lipinski definition) is 2. The molecule has 1 aromatic heterocycles. The lowest BCUT2D eigenvalue weighted by atomic mass is 10.2. The van der Waals surface area contributed by atoms with Crippen LogP contribution in [0.5, 0.6) is 0 Å². The van der Waals surface area contributed by atoms with Gasteiger partial charge in [0, 0.05) is 37.3 Å². The highest BCUT2D eigenvalue weighted by Gasteiger charge is 2.11. The molecule has 0 fully saturated rings. The summed E-state index contributed by atoms with van der Waals surface area (Å²) in [5.41, 5.74) is 3.44. The van der Waals surface area contributed by atoms with Gasteiger partial charge in [0.05, 0.1) is 5.69 Å². The Balaban J connectivity index is 2.64. The van der Waals surface area contributed by atoms with E-state index in [4.69, 9.17) is 0 Å². The van der Waals surface area contributed by atoms with E-state index in [9.17, 15) is 4.79 Å². The molecule has 0 radical (unpaired) electrons. The van der Waals surface area contributed by atoms with Gasteiger partial charge < -0.3 is 10.6 Å². The van der Waals surface area contributed by atoms with Gasteiger partial charge in [0.15, 0.2) is 0 Å². The van der Waals surface area contributed by atoms with E-state index >= 15 is 0 Å². The minimum Gasteiger partial charge on any atom is -0.356 e. The molecule has 102 valence electrons. The molecule has 0 unspecified atom stereocenters. The Morgan fingerprint density at radius 2 is 2.00 bits per heavy atom. The number of aryl methyl sites for hydroxylation is 2. The van der Waals surface area contributed by atoms with Crippen LogP contribution in [0.4, 0.5) is 0 Å². The molecule has 1 amide bonds. The highest BCUT2D eigenvalue weighted by Crippen LogP contribution is 2.13. The summed E-state index contributed by atoms with van der Waals surface area (Å²) >= 11 is 0. The van der Waals surface area contributed by atoms with Crippen molar-refractivity contribution in [3.63, 3.8) is 0 Å². The van der Waals surface area contributed by atoms with Crippen LogP contribution in [0.15, 0.2) is 0 Å². The van der Waals surface area contributed by atoms with E-state index in [0.29, 0.717) is 19.5 Å². The maximum Gasteiger partial charge on any atom is 0.221 e. The monoisotopic (exact) mass is 252 g/mol. The molecule has 0 aliphatic carbocycles. The highest BCUT2D eigenvalue weighted by molar-refractivity contribution is 5.75. The number of amides is 1. The Kier molecular flexibility index (Phi) is 5.85. The van der Waals surface area contributed by atoms with Gasteiger partial charge in [-0.1, -0.05) is 6.92 Å². The minimum atomic E-state index is 0.0817. The SMILES string of the molecule is CCNCc1c(C)nn(CCC(=O)NCC)c1C. The summed E-state index contributed by atoms with van der Waals surface area (Å²) in [6.45, 7) is 11.2. The van der Waals surface area contributed by atoms with E-state index in [2.05, 4.69) is 29.6 Å². The van der Waals surface area contributed by atoms with Gasteiger partial charge in [-0.05, 0) is 27.3 Å². The zero-order chi connectivity index (χ0) is 13.5. The second kappa shape index (κ2) is 7.16. The largest absolute Gasteiger partial charge is 0.356 e. The van der Waals surface area contributed by atoms with Crippen molar-refractivity contribution in [2.75, 3.05) is 13.1 Å². The number of carbonyl (C=O) groups is 1. The summed E-state index contributed by atoms with van der Waals surface area (Å²) in [5, 5.41) is 10.6. The molecule has 0 saturated heterocycles. The van der Waals surface area contributed by atoms with Crippen LogP contribution in [0.25, 0.3) is 0 Å². The summed E-state index contributed by atoms with van der Waals surface area (Å²) in [6, 6.07) is 0. The summed E-state index contributed by atoms with van der Waals surface area (Å²) in [7, 11) is 0. The molecule has 0 aliphatic heterocycles. The van der Waals surface area contributed by atoms with Crippen molar-refractivity contribution >= 4 is 5.91 Å². The van der Waals surface area contributed by atoms with Crippen LogP contribution in [0.2, 0.25) is 0 Å². The molecule has 0 aliphatic rings. The molecule has 18 heavy (non-hydrogen) atoms. The van der Waals surface area contributed by atoms with Crippen LogP contribution in [-0.2, 0) is 17.9 Å². The Morgan fingerprint density at radius 1 is 1.28 bits per heavy atom. The van der Waals surface area contributed by atoms with E-state index in [1.807, 2.05) is 18.5 Å². The number of hydrogen-bond acceptors (Lipinski definition) is 3. The molecule has 0 spiro atoms. The quantitative estimate of drug-likeness (QED) is 0.765. The van der Waals surface area contributed by atoms with Crippen LogP contribution >= 0.6 is 0 Å². The van der Waals surface area contributed by atoms with E-state index in [0.717, 1.165) is 24.5 Å². The standard InChI is InChI=1S/C13H24N4O/c1-5-14-9-12-10(3)16-17(11(12)4)8-7-13(18)15-6-2/h14H,5-9H2,1-4H3,(H,15,18). The average Bonchev–Trinajstić information content (AvgIpc) is 2.60. The third-order valence-corrected chi connectivity index (χ3v) is 3.01. The summed E-state index contributed by atoms with van der Waals surface area (Å²) in [5.74, 6) is 0.0817. The number of nitrogens with zero attached hydrogens (tertiary/aromatic N) is 2. The van der Waals surface area contributed by atoms with Crippen molar-refractivity contribution < 1.29 is 4.79 Å². The number of nitrogens with one attached hydrogen (secondary N) is 2. The first kappa shape index (κ1) is 14.7. The van der Waals surface area contributed by atoms with Gasteiger partial charge >= 0.3 is 0 Å². The van der Waals surface area contributed by atoms with E-state index in [-0.39, 0.29) is 5.91 Å². The summed E-state index contributed by atoms with van der Waals surface area (Å²) in [6.07, 6.45) is 0.483. The van der Waals surface area contributed by atoms with Crippen LogP contribution in [0, 0.1) is 13.8 Å². The van der Waals surface area contributed by atoms with Crippen LogP contribution in [-0.4, -0.2) is 28.8 Å². The Morgan fingerprint density at radius 3 is 2.61 bits per heavy atom. The van der Waals surface area contributed by atoms with Gasteiger partial charge in [-0.2, -0.15) is 5.10 Å². The highest BCUT2D eigenvalue weighted by atomic mass is 16.1. The molecule has 0 atom stereocenters. The maximum atomic E-state index is 11.4. The lowest BCUT2D eigenvalue weighted by molar-refractivity contribution is -0.121. The van der Waals surface area contributed by atoms with Crippen molar-refractivity contribution in [1.29, 1.82) is 0 Å². The molecular weight excluding hydrogens is 228 g/mol. The van der Waals surface area contributed by atoms with Crippen LogP contribution in [0.1, 0.15) is 37.2 Å². The molecule has 0 saturated carbocycles. The fourth-order valence-corrected chi connectivity index (χ4v) is 1.95. The first-order chi connectivity index (χ1) is 8.60. The molecule has 1 heterocycles.